The predicted molar refractivity (Wildman–Crippen MR) is 97.8 cm³/mol. The fourth-order valence-electron chi connectivity index (χ4n) is 2.68. The van der Waals surface area contributed by atoms with Crippen molar-refractivity contribution in [3.63, 3.8) is 0 Å². The number of rotatable bonds is 13. The van der Waals surface area contributed by atoms with E-state index in [0.717, 1.165) is 19.4 Å². The number of nitrogens with zero attached hydrogens (tertiary/aromatic N) is 1. The first kappa shape index (κ1) is 24.0. The minimum absolute atomic E-state index is 0. The quantitative estimate of drug-likeness (QED) is 0.342. The van der Waals surface area contributed by atoms with Crippen molar-refractivity contribution in [1.29, 1.82) is 0 Å². The summed E-state index contributed by atoms with van der Waals surface area (Å²) in [7, 11) is 0. The van der Waals surface area contributed by atoms with Crippen LogP contribution in [0.1, 0.15) is 86.0 Å². The Morgan fingerprint density at radius 3 is 1.91 bits per heavy atom. The molecule has 0 aromatic carbocycles. The first-order valence-electron chi connectivity index (χ1n) is 8.90. The summed E-state index contributed by atoms with van der Waals surface area (Å²) in [5, 5.41) is 0. The molecule has 0 saturated carbocycles. The molecule has 0 bridgehead atoms. The lowest BCUT2D eigenvalue weighted by Crippen LogP contribution is -2.39. The number of ether oxygens (including phenoxy) is 1. The fraction of sp³-hybridized carbons (Fsp3) is 0.944. The SMILES string of the molecule is CCCCCCCCCC(=O)OCCN(C(C)C)C(C)C.Cl. The van der Waals surface area contributed by atoms with Gasteiger partial charge in [0.15, 0.2) is 0 Å². The van der Waals surface area contributed by atoms with E-state index in [4.69, 9.17) is 4.74 Å². The van der Waals surface area contributed by atoms with Crippen molar-refractivity contribution in [1.82, 2.24) is 4.90 Å². The van der Waals surface area contributed by atoms with Crippen molar-refractivity contribution >= 4 is 18.4 Å². The van der Waals surface area contributed by atoms with Gasteiger partial charge < -0.3 is 4.74 Å². The van der Waals surface area contributed by atoms with Crippen molar-refractivity contribution in [2.24, 2.45) is 0 Å². The minimum atomic E-state index is -0.0315. The molecular weight excluding hydrogens is 298 g/mol. The van der Waals surface area contributed by atoms with Crippen molar-refractivity contribution in [3.8, 4) is 0 Å². The van der Waals surface area contributed by atoms with E-state index < -0.39 is 0 Å². The molecule has 0 spiro atoms. The second-order valence-corrected chi connectivity index (χ2v) is 6.52. The average Bonchev–Trinajstić information content (AvgIpc) is 2.41. The van der Waals surface area contributed by atoms with Crippen LogP contribution in [0.2, 0.25) is 0 Å². The largest absolute Gasteiger partial charge is 0.464 e. The smallest absolute Gasteiger partial charge is 0.305 e. The van der Waals surface area contributed by atoms with Gasteiger partial charge in [0.25, 0.3) is 0 Å². The Morgan fingerprint density at radius 1 is 0.909 bits per heavy atom. The molecule has 0 aromatic rings. The Kier molecular flexibility index (Phi) is 17.0. The van der Waals surface area contributed by atoms with Gasteiger partial charge in [0.1, 0.15) is 6.61 Å². The first-order valence-corrected chi connectivity index (χ1v) is 8.90. The minimum Gasteiger partial charge on any atom is -0.464 e. The average molecular weight is 336 g/mol. The molecule has 0 heterocycles. The zero-order valence-corrected chi connectivity index (χ0v) is 16.2. The number of esters is 1. The summed E-state index contributed by atoms with van der Waals surface area (Å²) < 4.78 is 5.34. The van der Waals surface area contributed by atoms with Crippen LogP contribution in [0.25, 0.3) is 0 Å². The zero-order valence-electron chi connectivity index (χ0n) is 15.4. The first-order chi connectivity index (χ1) is 9.99. The molecule has 0 unspecified atom stereocenters. The highest BCUT2D eigenvalue weighted by molar-refractivity contribution is 5.85. The van der Waals surface area contributed by atoms with Crippen molar-refractivity contribution in [3.05, 3.63) is 0 Å². The third-order valence-electron chi connectivity index (χ3n) is 3.92. The maximum absolute atomic E-state index is 11.7. The van der Waals surface area contributed by atoms with Crippen LogP contribution in [0.15, 0.2) is 0 Å². The Morgan fingerprint density at radius 2 is 1.41 bits per heavy atom. The molecule has 0 rings (SSSR count). The van der Waals surface area contributed by atoms with Crippen molar-refractivity contribution in [2.75, 3.05) is 13.2 Å². The summed E-state index contributed by atoms with van der Waals surface area (Å²) >= 11 is 0. The molecule has 0 amide bonds. The van der Waals surface area contributed by atoms with Crippen LogP contribution in [-0.2, 0) is 9.53 Å². The van der Waals surface area contributed by atoms with Gasteiger partial charge in [-0.05, 0) is 34.1 Å². The number of unbranched alkanes of at least 4 members (excludes halogenated alkanes) is 6. The highest BCUT2D eigenvalue weighted by Crippen LogP contribution is 2.09. The normalized spacial score (nSPS) is 11.1. The van der Waals surface area contributed by atoms with Gasteiger partial charge >= 0.3 is 5.97 Å². The summed E-state index contributed by atoms with van der Waals surface area (Å²) in [4.78, 5) is 14.0. The molecular formula is C18H38ClNO2. The second kappa shape index (κ2) is 15.6. The molecule has 0 aliphatic carbocycles. The maximum atomic E-state index is 11.7. The van der Waals surface area contributed by atoms with E-state index in [1.165, 1.54) is 32.1 Å². The number of hydrogen-bond donors (Lipinski definition) is 0. The van der Waals surface area contributed by atoms with Gasteiger partial charge in [-0.1, -0.05) is 45.4 Å². The van der Waals surface area contributed by atoms with Gasteiger partial charge in [-0.25, -0.2) is 0 Å². The van der Waals surface area contributed by atoms with Crippen LogP contribution in [0.4, 0.5) is 0 Å². The number of halogens is 1. The molecule has 0 N–H and O–H groups in total. The molecule has 0 radical (unpaired) electrons. The Labute approximate surface area is 144 Å². The summed E-state index contributed by atoms with van der Waals surface area (Å²) in [5.41, 5.74) is 0. The second-order valence-electron chi connectivity index (χ2n) is 6.52. The van der Waals surface area contributed by atoms with Crippen LogP contribution < -0.4 is 0 Å². The Balaban J connectivity index is 0. The van der Waals surface area contributed by atoms with Crippen LogP contribution in [0.3, 0.4) is 0 Å². The summed E-state index contributed by atoms with van der Waals surface area (Å²) in [6.45, 7) is 12.3. The molecule has 0 atom stereocenters. The van der Waals surface area contributed by atoms with Crippen molar-refractivity contribution < 1.29 is 9.53 Å². The summed E-state index contributed by atoms with van der Waals surface area (Å²) in [5.74, 6) is -0.0315. The van der Waals surface area contributed by atoms with Gasteiger partial charge in [0.2, 0.25) is 0 Å². The van der Waals surface area contributed by atoms with Gasteiger partial charge in [-0.3, -0.25) is 9.69 Å². The van der Waals surface area contributed by atoms with Gasteiger partial charge in [0.05, 0.1) is 0 Å². The number of hydrogen-bond acceptors (Lipinski definition) is 3. The van der Waals surface area contributed by atoms with Crippen molar-refractivity contribution in [2.45, 2.75) is 98.1 Å². The van der Waals surface area contributed by atoms with Crippen LogP contribution in [-0.4, -0.2) is 36.1 Å². The standard InChI is InChI=1S/C18H37NO2.ClH/c1-6-7-8-9-10-11-12-13-18(20)21-15-14-19(16(2)3)17(4)5;/h16-17H,6-15H2,1-5H3;1H. The van der Waals surface area contributed by atoms with Crippen LogP contribution in [0, 0.1) is 0 Å². The van der Waals surface area contributed by atoms with E-state index in [2.05, 4.69) is 39.5 Å². The van der Waals surface area contributed by atoms with E-state index in [1.807, 2.05) is 0 Å². The van der Waals surface area contributed by atoms with E-state index in [-0.39, 0.29) is 18.4 Å². The lowest BCUT2D eigenvalue weighted by molar-refractivity contribution is -0.144. The fourth-order valence-corrected chi connectivity index (χ4v) is 2.68. The third kappa shape index (κ3) is 13.4. The highest BCUT2D eigenvalue weighted by Gasteiger charge is 2.13. The van der Waals surface area contributed by atoms with E-state index in [0.29, 0.717) is 25.1 Å². The maximum Gasteiger partial charge on any atom is 0.305 e. The number of carbonyl (C=O) groups is 1. The van der Waals surface area contributed by atoms with Crippen LogP contribution in [0.5, 0.6) is 0 Å². The van der Waals surface area contributed by atoms with Gasteiger partial charge in [0, 0.05) is 25.0 Å². The van der Waals surface area contributed by atoms with Crippen LogP contribution >= 0.6 is 12.4 Å². The third-order valence-corrected chi connectivity index (χ3v) is 3.92. The van der Waals surface area contributed by atoms with Gasteiger partial charge in [-0.15, -0.1) is 12.4 Å². The topological polar surface area (TPSA) is 29.5 Å². The molecule has 4 heteroatoms. The number of carbonyl (C=O) groups excluding carboxylic acids is 1. The molecule has 0 aliphatic rings. The molecule has 3 nitrogen and oxygen atoms in total. The summed E-state index contributed by atoms with van der Waals surface area (Å²) in [6, 6.07) is 0.985. The molecule has 134 valence electrons. The van der Waals surface area contributed by atoms with E-state index in [1.54, 1.807) is 0 Å². The molecule has 0 aromatic heterocycles. The molecule has 0 aliphatic heterocycles. The molecule has 22 heavy (non-hydrogen) atoms. The highest BCUT2D eigenvalue weighted by atomic mass is 35.5. The summed E-state index contributed by atoms with van der Waals surface area (Å²) in [6.07, 6.45) is 9.23. The Hall–Kier alpha value is -0.280. The Bertz CT molecular complexity index is 249. The zero-order chi connectivity index (χ0) is 16.1. The van der Waals surface area contributed by atoms with Gasteiger partial charge in [-0.2, -0.15) is 0 Å². The lowest BCUT2D eigenvalue weighted by atomic mass is 10.1. The predicted octanol–water partition coefficient (Wildman–Crippen LogP) is 5.21. The van der Waals surface area contributed by atoms with E-state index in [9.17, 15) is 4.79 Å². The molecule has 0 saturated heterocycles. The van der Waals surface area contributed by atoms with E-state index >= 15 is 0 Å². The lowest BCUT2D eigenvalue weighted by Gasteiger charge is -2.30. The molecule has 0 fully saturated rings. The monoisotopic (exact) mass is 335 g/mol.